The maximum Gasteiger partial charge on any atom is 0.270 e. The molecule has 0 saturated heterocycles. The third kappa shape index (κ3) is 4.32. The first-order chi connectivity index (χ1) is 16.4. The minimum Gasteiger partial charge on any atom is -0.372 e. The highest BCUT2D eigenvalue weighted by atomic mass is 16.6. The van der Waals surface area contributed by atoms with Gasteiger partial charge in [0.15, 0.2) is 11.4 Å². The Bertz CT molecular complexity index is 1300. The molecule has 0 fully saturated rings. The lowest BCUT2D eigenvalue weighted by Crippen LogP contribution is -2.41. The molecule has 2 N–H and O–H groups in total. The Labute approximate surface area is 195 Å². The highest BCUT2D eigenvalue weighted by molar-refractivity contribution is 6.15. The van der Waals surface area contributed by atoms with Gasteiger partial charge < -0.3 is 10.4 Å². The third-order valence-electron chi connectivity index (χ3n) is 5.45. The van der Waals surface area contributed by atoms with E-state index in [4.69, 9.17) is 0 Å². The number of ketones is 1. The molecule has 0 saturated carbocycles. The van der Waals surface area contributed by atoms with Crippen LogP contribution in [-0.4, -0.2) is 21.7 Å². The molecule has 0 bridgehead atoms. The molecule has 0 heterocycles. The van der Waals surface area contributed by atoms with Gasteiger partial charge in [-0.2, -0.15) is 0 Å². The van der Waals surface area contributed by atoms with E-state index in [0.29, 0.717) is 16.7 Å². The van der Waals surface area contributed by atoms with Crippen LogP contribution in [0.25, 0.3) is 0 Å². The van der Waals surface area contributed by atoms with E-state index in [9.17, 15) is 24.8 Å². The van der Waals surface area contributed by atoms with Crippen LogP contribution in [0.2, 0.25) is 0 Å². The first-order valence-electron chi connectivity index (χ1n) is 10.4. The second kappa shape index (κ2) is 9.48. The Hall–Kier alpha value is -4.62. The van der Waals surface area contributed by atoms with Gasteiger partial charge in [-0.15, -0.1) is 0 Å². The summed E-state index contributed by atoms with van der Waals surface area (Å²) in [5.41, 5.74) is -1.41. The van der Waals surface area contributed by atoms with Crippen molar-refractivity contribution >= 4 is 23.1 Å². The molecule has 0 aliphatic heterocycles. The Morgan fingerprint density at radius 1 is 0.765 bits per heavy atom. The number of hydrogen-bond acceptors (Lipinski definition) is 5. The van der Waals surface area contributed by atoms with Crippen LogP contribution in [0.15, 0.2) is 109 Å². The first kappa shape index (κ1) is 22.6. The number of benzene rings is 4. The fourth-order valence-electron chi connectivity index (χ4n) is 3.69. The summed E-state index contributed by atoms with van der Waals surface area (Å²) in [5.74, 6) is -1.30. The highest BCUT2D eigenvalue weighted by Gasteiger charge is 2.40. The van der Waals surface area contributed by atoms with E-state index < -0.39 is 22.2 Å². The molecule has 4 aromatic rings. The number of aliphatic hydroxyl groups is 1. The van der Waals surface area contributed by atoms with Gasteiger partial charge >= 0.3 is 0 Å². The molecule has 0 aliphatic carbocycles. The van der Waals surface area contributed by atoms with Gasteiger partial charge in [-0.1, -0.05) is 91.0 Å². The van der Waals surface area contributed by atoms with Gasteiger partial charge in [-0.3, -0.25) is 19.7 Å². The number of nitrogens with one attached hydrogen (secondary N) is 1. The molecule has 4 aromatic carbocycles. The molecule has 34 heavy (non-hydrogen) atoms. The van der Waals surface area contributed by atoms with Crippen molar-refractivity contribution in [1.82, 2.24) is 0 Å². The standard InChI is InChI=1S/C27H20N2O5/c30-25(19-10-4-1-5-11-19)23-18-22(29(33)34)16-17-24(23)28-26(31)27(32,20-12-6-2-7-13-20)21-14-8-3-9-15-21/h1-18,32H,(H,28,31). The topological polar surface area (TPSA) is 110 Å². The van der Waals surface area contributed by atoms with Crippen molar-refractivity contribution in [2.45, 2.75) is 5.60 Å². The second-order valence-corrected chi connectivity index (χ2v) is 7.58. The van der Waals surface area contributed by atoms with Crippen LogP contribution in [-0.2, 0) is 10.4 Å². The Morgan fingerprint density at radius 2 is 1.26 bits per heavy atom. The minimum atomic E-state index is -2.07. The summed E-state index contributed by atoms with van der Waals surface area (Å²) in [6.07, 6.45) is 0. The molecular formula is C27H20N2O5. The van der Waals surface area contributed by atoms with E-state index in [1.54, 1.807) is 91.0 Å². The van der Waals surface area contributed by atoms with Crippen LogP contribution in [0.1, 0.15) is 27.0 Å². The number of anilines is 1. The zero-order valence-electron chi connectivity index (χ0n) is 17.9. The number of non-ortho nitro benzene ring substituents is 1. The van der Waals surface area contributed by atoms with Crippen molar-refractivity contribution < 1.29 is 19.6 Å². The maximum absolute atomic E-state index is 13.6. The van der Waals surface area contributed by atoms with Gasteiger partial charge in [0.25, 0.3) is 11.6 Å². The van der Waals surface area contributed by atoms with Gasteiger partial charge in [0.1, 0.15) is 0 Å². The lowest BCUT2D eigenvalue weighted by Gasteiger charge is -2.28. The fraction of sp³-hybridized carbons (Fsp3) is 0.0370. The first-order valence-corrected chi connectivity index (χ1v) is 10.4. The van der Waals surface area contributed by atoms with E-state index in [0.717, 1.165) is 6.07 Å². The van der Waals surface area contributed by atoms with Gasteiger partial charge in [0, 0.05) is 17.7 Å². The number of hydrogen-bond donors (Lipinski definition) is 2. The van der Waals surface area contributed by atoms with Crippen LogP contribution in [0.4, 0.5) is 11.4 Å². The molecule has 0 aliphatic rings. The van der Waals surface area contributed by atoms with E-state index in [1.807, 2.05) is 0 Å². The Balaban J connectivity index is 1.80. The average Bonchev–Trinajstić information content (AvgIpc) is 2.89. The largest absolute Gasteiger partial charge is 0.372 e. The van der Waals surface area contributed by atoms with Crippen molar-refractivity contribution in [3.63, 3.8) is 0 Å². The van der Waals surface area contributed by atoms with Gasteiger partial charge in [-0.05, 0) is 17.2 Å². The predicted octanol–water partition coefficient (Wildman–Crippen LogP) is 4.70. The number of nitro benzene ring substituents is 1. The van der Waals surface area contributed by atoms with Crippen LogP contribution in [0, 0.1) is 10.1 Å². The molecule has 1 amide bonds. The van der Waals surface area contributed by atoms with Crippen LogP contribution >= 0.6 is 0 Å². The van der Waals surface area contributed by atoms with Gasteiger partial charge in [0.2, 0.25) is 0 Å². The number of rotatable bonds is 7. The lowest BCUT2D eigenvalue weighted by molar-refractivity contribution is -0.384. The number of carbonyl (C=O) groups is 2. The smallest absolute Gasteiger partial charge is 0.270 e. The Kier molecular flexibility index (Phi) is 6.29. The van der Waals surface area contributed by atoms with Crippen LogP contribution in [0.3, 0.4) is 0 Å². The number of nitrogens with zero attached hydrogens (tertiary/aromatic N) is 1. The van der Waals surface area contributed by atoms with Crippen molar-refractivity contribution in [3.8, 4) is 0 Å². The molecule has 7 heteroatoms. The van der Waals surface area contributed by atoms with Crippen molar-refractivity contribution in [2.24, 2.45) is 0 Å². The third-order valence-corrected chi connectivity index (χ3v) is 5.45. The molecule has 4 rings (SSSR count). The molecule has 0 aromatic heterocycles. The molecule has 0 spiro atoms. The highest BCUT2D eigenvalue weighted by Crippen LogP contribution is 2.33. The van der Waals surface area contributed by atoms with E-state index in [2.05, 4.69) is 5.32 Å². The number of carbonyl (C=O) groups excluding carboxylic acids is 2. The molecule has 0 atom stereocenters. The molecule has 0 radical (unpaired) electrons. The number of amides is 1. The van der Waals surface area contributed by atoms with Crippen molar-refractivity contribution in [3.05, 3.63) is 142 Å². The second-order valence-electron chi connectivity index (χ2n) is 7.58. The minimum absolute atomic E-state index is 0.0507. The Morgan fingerprint density at radius 3 is 1.76 bits per heavy atom. The SMILES string of the molecule is O=C(c1ccccc1)c1cc([N+](=O)[O-])ccc1NC(=O)C(O)(c1ccccc1)c1ccccc1. The summed E-state index contributed by atoms with van der Waals surface area (Å²) < 4.78 is 0. The van der Waals surface area contributed by atoms with Crippen molar-refractivity contribution in [1.29, 1.82) is 0 Å². The normalized spacial score (nSPS) is 11.0. The summed E-state index contributed by atoms with van der Waals surface area (Å²) in [6.45, 7) is 0. The van der Waals surface area contributed by atoms with Gasteiger partial charge in [-0.25, -0.2) is 0 Å². The average molecular weight is 452 g/mol. The fourth-order valence-corrected chi connectivity index (χ4v) is 3.69. The molecule has 7 nitrogen and oxygen atoms in total. The molecular weight excluding hydrogens is 432 g/mol. The van der Waals surface area contributed by atoms with E-state index >= 15 is 0 Å². The summed E-state index contributed by atoms with van der Waals surface area (Å²) >= 11 is 0. The van der Waals surface area contributed by atoms with Crippen LogP contribution < -0.4 is 5.32 Å². The monoisotopic (exact) mass is 452 g/mol. The van der Waals surface area contributed by atoms with Crippen LogP contribution in [0.5, 0.6) is 0 Å². The summed E-state index contributed by atoms with van der Waals surface area (Å²) in [7, 11) is 0. The van der Waals surface area contributed by atoms with E-state index in [1.165, 1.54) is 12.1 Å². The number of nitro groups is 1. The molecule has 0 unspecified atom stereocenters. The summed E-state index contributed by atoms with van der Waals surface area (Å²) in [4.78, 5) is 37.5. The quantitative estimate of drug-likeness (QED) is 0.240. The van der Waals surface area contributed by atoms with E-state index in [-0.39, 0.29) is 16.9 Å². The maximum atomic E-state index is 13.6. The van der Waals surface area contributed by atoms with Crippen molar-refractivity contribution in [2.75, 3.05) is 5.32 Å². The lowest BCUT2D eigenvalue weighted by atomic mass is 9.85. The molecule has 168 valence electrons. The zero-order valence-corrected chi connectivity index (χ0v) is 17.9. The summed E-state index contributed by atoms with van der Waals surface area (Å²) in [5, 5.41) is 25.6. The predicted molar refractivity (Wildman–Crippen MR) is 127 cm³/mol. The van der Waals surface area contributed by atoms with Gasteiger partial charge in [0.05, 0.1) is 16.2 Å². The summed E-state index contributed by atoms with van der Waals surface area (Å²) in [6, 6.07) is 28.7. The zero-order chi connectivity index (χ0) is 24.1.